The van der Waals surface area contributed by atoms with Crippen LogP contribution in [0.1, 0.15) is 19.2 Å². The molecule has 1 aromatic heterocycles. The van der Waals surface area contributed by atoms with Gasteiger partial charge in [0.2, 0.25) is 11.8 Å². The Morgan fingerprint density at radius 1 is 1.33 bits per heavy atom. The van der Waals surface area contributed by atoms with Gasteiger partial charge in [-0.2, -0.15) is 0 Å². The van der Waals surface area contributed by atoms with Crippen molar-refractivity contribution in [2.45, 2.75) is 25.9 Å². The smallest absolute Gasteiger partial charge is 0.247 e. The molecule has 21 heavy (non-hydrogen) atoms. The molecule has 1 saturated heterocycles. The summed E-state index contributed by atoms with van der Waals surface area (Å²) in [4.78, 5) is 2.36. The van der Waals surface area contributed by atoms with Crippen LogP contribution in [0.4, 0.5) is 0 Å². The van der Waals surface area contributed by atoms with Crippen molar-refractivity contribution in [2.24, 2.45) is 11.7 Å². The normalized spacial score (nSPS) is 22.8. The van der Waals surface area contributed by atoms with Crippen molar-refractivity contribution in [1.29, 1.82) is 0 Å². The number of rotatable bonds is 4. The topological polar surface area (TPSA) is 68.2 Å². The molecule has 1 aliphatic heterocycles. The predicted molar refractivity (Wildman–Crippen MR) is 84.5 cm³/mol. The van der Waals surface area contributed by atoms with Gasteiger partial charge in [0.05, 0.1) is 6.54 Å². The molecule has 2 atom stereocenters. The average molecular weight is 351 g/mol. The number of nitrogens with zero attached hydrogens (tertiary/aromatic N) is 3. The molecule has 2 aromatic rings. The van der Waals surface area contributed by atoms with E-state index in [4.69, 9.17) is 10.2 Å². The van der Waals surface area contributed by atoms with Gasteiger partial charge in [0.1, 0.15) is 0 Å². The zero-order valence-electron chi connectivity index (χ0n) is 12.0. The van der Waals surface area contributed by atoms with Crippen molar-refractivity contribution >= 4 is 15.9 Å². The molecule has 1 fully saturated rings. The molecular weight excluding hydrogens is 332 g/mol. The monoisotopic (exact) mass is 350 g/mol. The van der Waals surface area contributed by atoms with Gasteiger partial charge in [-0.25, -0.2) is 0 Å². The van der Waals surface area contributed by atoms with E-state index in [0.717, 1.165) is 29.5 Å². The number of benzene rings is 1. The first-order valence-electron chi connectivity index (χ1n) is 7.18. The fourth-order valence-electron chi connectivity index (χ4n) is 2.81. The molecule has 2 N–H and O–H groups in total. The SMILES string of the molecule is CC1CC(CN)CN1Cc1nnc(-c2ccc(Br)cc2)o1. The Morgan fingerprint density at radius 2 is 2.10 bits per heavy atom. The largest absolute Gasteiger partial charge is 0.419 e. The first-order valence-corrected chi connectivity index (χ1v) is 7.97. The minimum Gasteiger partial charge on any atom is -0.419 e. The molecule has 0 amide bonds. The maximum Gasteiger partial charge on any atom is 0.247 e. The van der Waals surface area contributed by atoms with Crippen molar-refractivity contribution in [1.82, 2.24) is 15.1 Å². The van der Waals surface area contributed by atoms with Crippen LogP contribution in [-0.2, 0) is 6.54 Å². The minimum absolute atomic E-state index is 0.515. The lowest BCUT2D eigenvalue weighted by Crippen LogP contribution is -2.27. The first kappa shape index (κ1) is 14.7. The van der Waals surface area contributed by atoms with Gasteiger partial charge in [0.15, 0.2) is 0 Å². The van der Waals surface area contributed by atoms with E-state index in [9.17, 15) is 0 Å². The summed E-state index contributed by atoms with van der Waals surface area (Å²) in [6.45, 7) is 4.67. The van der Waals surface area contributed by atoms with E-state index in [1.807, 2.05) is 24.3 Å². The fraction of sp³-hybridized carbons (Fsp3) is 0.467. The standard InChI is InChI=1S/C15H19BrN4O/c1-10-6-11(7-17)8-20(10)9-14-18-19-15(21-14)12-2-4-13(16)5-3-12/h2-5,10-11H,6-9,17H2,1H3. The van der Waals surface area contributed by atoms with Gasteiger partial charge >= 0.3 is 0 Å². The molecule has 0 saturated carbocycles. The van der Waals surface area contributed by atoms with Crippen molar-refractivity contribution in [3.05, 3.63) is 34.6 Å². The third kappa shape index (κ3) is 3.33. The van der Waals surface area contributed by atoms with Crippen molar-refractivity contribution in [3.8, 4) is 11.5 Å². The average Bonchev–Trinajstić information content (AvgIpc) is 3.08. The van der Waals surface area contributed by atoms with Gasteiger partial charge in [0, 0.05) is 22.6 Å². The highest BCUT2D eigenvalue weighted by atomic mass is 79.9. The Hall–Kier alpha value is -1.24. The molecule has 1 aliphatic rings. The van der Waals surface area contributed by atoms with E-state index >= 15 is 0 Å². The molecule has 3 rings (SSSR count). The lowest BCUT2D eigenvalue weighted by molar-refractivity contribution is 0.230. The maximum atomic E-state index is 5.78. The summed E-state index contributed by atoms with van der Waals surface area (Å²) in [5, 5.41) is 8.30. The molecule has 0 spiro atoms. The van der Waals surface area contributed by atoms with Crippen LogP contribution in [0.3, 0.4) is 0 Å². The third-order valence-corrected chi connectivity index (χ3v) is 4.55. The second kappa shape index (κ2) is 6.25. The Bertz CT molecular complexity index is 598. The molecule has 0 radical (unpaired) electrons. The lowest BCUT2D eigenvalue weighted by atomic mass is 10.1. The lowest BCUT2D eigenvalue weighted by Gasteiger charge is -2.18. The van der Waals surface area contributed by atoms with Crippen LogP contribution in [0.15, 0.2) is 33.2 Å². The number of hydrogen-bond acceptors (Lipinski definition) is 5. The molecule has 2 heterocycles. The molecule has 0 aliphatic carbocycles. The molecular formula is C15H19BrN4O. The summed E-state index contributed by atoms with van der Waals surface area (Å²) in [7, 11) is 0. The van der Waals surface area contributed by atoms with Crippen LogP contribution in [0.5, 0.6) is 0 Å². The highest BCUT2D eigenvalue weighted by molar-refractivity contribution is 9.10. The fourth-order valence-corrected chi connectivity index (χ4v) is 3.07. The third-order valence-electron chi connectivity index (χ3n) is 4.02. The highest BCUT2D eigenvalue weighted by Crippen LogP contribution is 2.25. The van der Waals surface area contributed by atoms with E-state index in [2.05, 4.69) is 38.0 Å². The number of aromatic nitrogens is 2. The molecule has 1 aromatic carbocycles. The second-order valence-electron chi connectivity index (χ2n) is 5.62. The summed E-state index contributed by atoms with van der Waals surface area (Å²) >= 11 is 3.42. The van der Waals surface area contributed by atoms with Crippen LogP contribution >= 0.6 is 15.9 Å². The van der Waals surface area contributed by atoms with Crippen LogP contribution < -0.4 is 5.73 Å². The van der Waals surface area contributed by atoms with Crippen molar-refractivity contribution < 1.29 is 4.42 Å². The van der Waals surface area contributed by atoms with Gasteiger partial charge in [0.25, 0.3) is 0 Å². The van der Waals surface area contributed by atoms with Gasteiger partial charge in [-0.15, -0.1) is 10.2 Å². The molecule has 6 heteroatoms. The van der Waals surface area contributed by atoms with Crippen LogP contribution in [-0.4, -0.2) is 34.2 Å². The van der Waals surface area contributed by atoms with Gasteiger partial charge in [-0.05, 0) is 50.1 Å². The van der Waals surface area contributed by atoms with Crippen LogP contribution in [0.2, 0.25) is 0 Å². The van der Waals surface area contributed by atoms with E-state index < -0.39 is 0 Å². The number of hydrogen-bond donors (Lipinski definition) is 1. The summed E-state index contributed by atoms with van der Waals surface area (Å²) in [6, 6.07) is 8.37. The van der Waals surface area contributed by atoms with E-state index in [-0.39, 0.29) is 0 Å². The first-order chi connectivity index (χ1) is 10.2. The minimum atomic E-state index is 0.515. The van der Waals surface area contributed by atoms with Crippen LogP contribution in [0, 0.1) is 5.92 Å². The Kier molecular flexibility index (Phi) is 4.37. The summed E-state index contributed by atoms with van der Waals surface area (Å²) in [5.41, 5.74) is 6.70. The number of likely N-dealkylation sites (tertiary alicyclic amines) is 1. The Labute approximate surface area is 132 Å². The maximum absolute atomic E-state index is 5.78. The Morgan fingerprint density at radius 3 is 2.76 bits per heavy atom. The molecule has 0 bridgehead atoms. The summed E-state index contributed by atoms with van der Waals surface area (Å²) in [6.07, 6.45) is 1.14. The molecule has 112 valence electrons. The van der Waals surface area contributed by atoms with E-state index in [1.165, 1.54) is 0 Å². The van der Waals surface area contributed by atoms with Gasteiger partial charge in [-0.1, -0.05) is 15.9 Å². The summed E-state index contributed by atoms with van der Waals surface area (Å²) in [5.74, 6) is 1.81. The zero-order valence-corrected chi connectivity index (χ0v) is 13.6. The van der Waals surface area contributed by atoms with Crippen molar-refractivity contribution in [2.75, 3.05) is 13.1 Å². The highest BCUT2D eigenvalue weighted by Gasteiger charge is 2.29. The summed E-state index contributed by atoms with van der Waals surface area (Å²) < 4.78 is 6.81. The zero-order chi connectivity index (χ0) is 14.8. The Balaban J connectivity index is 1.69. The van der Waals surface area contributed by atoms with Gasteiger partial charge in [-0.3, -0.25) is 4.90 Å². The number of halogens is 1. The molecule has 2 unspecified atom stereocenters. The predicted octanol–water partition coefficient (Wildman–Crippen LogP) is 2.67. The second-order valence-corrected chi connectivity index (χ2v) is 6.54. The van der Waals surface area contributed by atoms with E-state index in [0.29, 0.717) is 30.3 Å². The molecule has 5 nitrogen and oxygen atoms in total. The van der Waals surface area contributed by atoms with Crippen LogP contribution in [0.25, 0.3) is 11.5 Å². The number of nitrogens with two attached hydrogens (primary N) is 1. The quantitative estimate of drug-likeness (QED) is 0.917. The van der Waals surface area contributed by atoms with E-state index in [1.54, 1.807) is 0 Å². The van der Waals surface area contributed by atoms with Crippen molar-refractivity contribution in [3.63, 3.8) is 0 Å². The van der Waals surface area contributed by atoms with Gasteiger partial charge < -0.3 is 10.2 Å².